The summed E-state index contributed by atoms with van der Waals surface area (Å²) in [7, 11) is 0. The molecule has 1 fully saturated rings. The Bertz CT molecular complexity index is 498. The highest BCUT2D eigenvalue weighted by Gasteiger charge is 2.12. The number of aryl methyl sites for hydroxylation is 1. The Hall–Kier alpha value is -1.61. The van der Waals surface area contributed by atoms with Crippen molar-refractivity contribution < 1.29 is 0 Å². The van der Waals surface area contributed by atoms with Crippen LogP contribution in [0.25, 0.3) is 11.3 Å². The Kier molecular flexibility index (Phi) is 3.94. The van der Waals surface area contributed by atoms with Crippen LogP contribution in [-0.4, -0.2) is 22.6 Å². The van der Waals surface area contributed by atoms with Crippen molar-refractivity contribution in [1.82, 2.24) is 14.9 Å². The van der Waals surface area contributed by atoms with Gasteiger partial charge in [0.15, 0.2) is 0 Å². The van der Waals surface area contributed by atoms with E-state index >= 15 is 0 Å². The Morgan fingerprint density at radius 2 is 1.95 bits per heavy atom. The van der Waals surface area contributed by atoms with E-state index in [1.54, 1.807) is 0 Å². The maximum Gasteiger partial charge on any atom is 0.0953 e. The van der Waals surface area contributed by atoms with Gasteiger partial charge < -0.3 is 9.88 Å². The maximum absolute atomic E-state index is 4.50. The van der Waals surface area contributed by atoms with E-state index in [0.29, 0.717) is 0 Å². The fraction of sp³-hybridized carbons (Fsp3) is 0.438. The molecule has 1 aromatic carbocycles. The Morgan fingerprint density at radius 1 is 1.16 bits per heavy atom. The largest absolute Gasteiger partial charge is 0.337 e. The van der Waals surface area contributed by atoms with Crippen molar-refractivity contribution in [3.8, 4) is 11.3 Å². The van der Waals surface area contributed by atoms with Crippen LogP contribution in [0, 0.1) is 5.92 Å². The Labute approximate surface area is 114 Å². The summed E-state index contributed by atoms with van der Waals surface area (Å²) in [6.45, 7) is 3.46. The third kappa shape index (κ3) is 3.24. The van der Waals surface area contributed by atoms with Crippen LogP contribution in [0.4, 0.5) is 0 Å². The number of hydrogen-bond donors (Lipinski definition) is 1. The van der Waals surface area contributed by atoms with Crippen molar-refractivity contribution in [2.75, 3.05) is 13.1 Å². The van der Waals surface area contributed by atoms with Crippen LogP contribution >= 0.6 is 0 Å². The molecule has 2 heterocycles. The zero-order valence-electron chi connectivity index (χ0n) is 11.3. The van der Waals surface area contributed by atoms with Gasteiger partial charge in [-0.25, -0.2) is 4.98 Å². The van der Waals surface area contributed by atoms with E-state index < -0.39 is 0 Å². The average Bonchev–Trinajstić information content (AvgIpc) is 2.96. The summed E-state index contributed by atoms with van der Waals surface area (Å²) < 4.78 is 2.23. The summed E-state index contributed by atoms with van der Waals surface area (Å²) in [5, 5.41) is 3.42. The number of imidazole rings is 1. The quantitative estimate of drug-likeness (QED) is 0.910. The number of aromatic nitrogens is 2. The number of benzene rings is 1. The lowest BCUT2D eigenvalue weighted by Crippen LogP contribution is -2.28. The second-order valence-corrected chi connectivity index (χ2v) is 5.34. The summed E-state index contributed by atoms with van der Waals surface area (Å²) in [5.41, 5.74) is 2.27. The molecule has 3 heteroatoms. The minimum Gasteiger partial charge on any atom is -0.337 e. The zero-order valence-corrected chi connectivity index (χ0v) is 11.3. The summed E-state index contributed by atoms with van der Waals surface area (Å²) in [6.07, 6.45) is 8.03. The van der Waals surface area contributed by atoms with Gasteiger partial charge in [0, 0.05) is 18.3 Å². The van der Waals surface area contributed by atoms with E-state index in [0.717, 1.165) is 18.2 Å². The highest BCUT2D eigenvalue weighted by Crippen LogP contribution is 2.19. The number of nitrogens with one attached hydrogen (secondary N) is 1. The molecule has 1 aromatic heterocycles. The summed E-state index contributed by atoms with van der Waals surface area (Å²) in [5.74, 6) is 0.879. The van der Waals surface area contributed by atoms with Crippen LogP contribution in [-0.2, 0) is 6.54 Å². The third-order valence-corrected chi connectivity index (χ3v) is 3.96. The molecule has 3 nitrogen and oxygen atoms in total. The molecule has 1 saturated heterocycles. The van der Waals surface area contributed by atoms with Crippen LogP contribution in [0.15, 0.2) is 42.9 Å². The predicted octanol–water partition coefficient (Wildman–Crippen LogP) is 2.94. The summed E-state index contributed by atoms with van der Waals surface area (Å²) in [4.78, 5) is 4.50. The van der Waals surface area contributed by atoms with Crippen LogP contribution in [0.3, 0.4) is 0 Å². The number of nitrogens with zero attached hydrogens (tertiary/aromatic N) is 2. The van der Waals surface area contributed by atoms with Gasteiger partial charge in [-0.3, -0.25) is 0 Å². The summed E-state index contributed by atoms with van der Waals surface area (Å²) in [6, 6.07) is 10.4. The Balaban J connectivity index is 1.59. The fourth-order valence-electron chi connectivity index (χ4n) is 2.74. The molecule has 1 aliphatic heterocycles. The van der Waals surface area contributed by atoms with Crippen molar-refractivity contribution >= 4 is 0 Å². The van der Waals surface area contributed by atoms with Gasteiger partial charge >= 0.3 is 0 Å². The Morgan fingerprint density at radius 3 is 2.74 bits per heavy atom. The van der Waals surface area contributed by atoms with Gasteiger partial charge in [0.2, 0.25) is 0 Å². The molecule has 0 aliphatic carbocycles. The molecule has 0 amide bonds. The van der Waals surface area contributed by atoms with Gasteiger partial charge in [-0.2, -0.15) is 0 Å². The second kappa shape index (κ2) is 6.02. The third-order valence-electron chi connectivity index (χ3n) is 3.96. The summed E-state index contributed by atoms with van der Waals surface area (Å²) >= 11 is 0. The first-order valence-electron chi connectivity index (χ1n) is 7.20. The van der Waals surface area contributed by atoms with E-state index in [1.807, 2.05) is 12.4 Å². The molecule has 1 N–H and O–H groups in total. The van der Waals surface area contributed by atoms with Crippen molar-refractivity contribution in [3.63, 3.8) is 0 Å². The first-order chi connectivity index (χ1) is 9.42. The van der Waals surface area contributed by atoms with Crippen LogP contribution in [0.5, 0.6) is 0 Å². The minimum absolute atomic E-state index is 0.879. The number of rotatable bonds is 4. The van der Waals surface area contributed by atoms with Crippen molar-refractivity contribution in [3.05, 3.63) is 42.9 Å². The SMILES string of the molecule is c1ccc(-c2cn(CCC3CCNCC3)cn2)cc1. The standard InChI is InChI=1S/C16H21N3/c1-2-4-15(5-3-1)16-12-19(13-18-16)11-8-14-6-9-17-10-7-14/h1-5,12-14,17H,6-11H2. The molecule has 2 aromatic rings. The second-order valence-electron chi connectivity index (χ2n) is 5.34. The molecular formula is C16H21N3. The van der Waals surface area contributed by atoms with Crippen molar-refractivity contribution in [2.24, 2.45) is 5.92 Å². The first-order valence-corrected chi connectivity index (χ1v) is 7.20. The van der Waals surface area contributed by atoms with E-state index in [9.17, 15) is 0 Å². The van der Waals surface area contributed by atoms with Crippen LogP contribution < -0.4 is 5.32 Å². The molecule has 100 valence electrons. The van der Waals surface area contributed by atoms with E-state index in [-0.39, 0.29) is 0 Å². The number of hydrogen-bond acceptors (Lipinski definition) is 2. The van der Waals surface area contributed by atoms with Gasteiger partial charge in [0.1, 0.15) is 0 Å². The maximum atomic E-state index is 4.50. The molecule has 0 saturated carbocycles. The monoisotopic (exact) mass is 255 g/mol. The lowest BCUT2D eigenvalue weighted by molar-refractivity contribution is 0.338. The topological polar surface area (TPSA) is 29.9 Å². The smallest absolute Gasteiger partial charge is 0.0953 e. The van der Waals surface area contributed by atoms with Gasteiger partial charge in [0.05, 0.1) is 12.0 Å². The van der Waals surface area contributed by atoms with Crippen molar-refractivity contribution in [2.45, 2.75) is 25.8 Å². The normalized spacial score (nSPS) is 16.6. The minimum atomic E-state index is 0.879. The van der Waals surface area contributed by atoms with E-state index in [1.165, 1.54) is 37.9 Å². The highest BCUT2D eigenvalue weighted by atomic mass is 15.0. The van der Waals surface area contributed by atoms with Crippen LogP contribution in [0.2, 0.25) is 0 Å². The zero-order chi connectivity index (χ0) is 12.9. The predicted molar refractivity (Wildman–Crippen MR) is 77.9 cm³/mol. The number of piperidine rings is 1. The molecule has 1 aliphatic rings. The van der Waals surface area contributed by atoms with E-state index in [4.69, 9.17) is 0 Å². The molecule has 0 atom stereocenters. The average molecular weight is 255 g/mol. The molecule has 0 spiro atoms. The van der Waals surface area contributed by atoms with Gasteiger partial charge in [-0.05, 0) is 38.3 Å². The van der Waals surface area contributed by atoms with Gasteiger partial charge in [-0.1, -0.05) is 30.3 Å². The van der Waals surface area contributed by atoms with Gasteiger partial charge in [0.25, 0.3) is 0 Å². The molecule has 0 bridgehead atoms. The van der Waals surface area contributed by atoms with Crippen molar-refractivity contribution in [1.29, 1.82) is 0 Å². The van der Waals surface area contributed by atoms with Crippen LogP contribution in [0.1, 0.15) is 19.3 Å². The first kappa shape index (κ1) is 12.4. The molecule has 19 heavy (non-hydrogen) atoms. The highest BCUT2D eigenvalue weighted by molar-refractivity contribution is 5.57. The molecular weight excluding hydrogens is 234 g/mol. The van der Waals surface area contributed by atoms with E-state index in [2.05, 4.69) is 45.3 Å². The lowest BCUT2D eigenvalue weighted by atomic mass is 9.95. The fourth-order valence-corrected chi connectivity index (χ4v) is 2.74. The lowest BCUT2D eigenvalue weighted by Gasteiger charge is -2.22. The molecule has 0 radical (unpaired) electrons. The van der Waals surface area contributed by atoms with Gasteiger partial charge in [-0.15, -0.1) is 0 Å². The molecule has 0 unspecified atom stereocenters. The molecule has 3 rings (SSSR count).